The van der Waals surface area contributed by atoms with Gasteiger partial charge in [-0.3, -0.25) is 0 Å². The summed E-state index contributed by atoms with van der Waals surface area (Å²) in [4.78, 5) is 1.10. The monoisotopic (exact) mass is 298 g/mol. The molecule has 0 aliphatic rings. The van der Waals surface area contributed by atoms with Gasteiger partial charge >= 0.3 is 0 Å². The largest absolute Gasteiger partial charge is 0.383 e. The number of aliphatic hydroxyl groups is 1. The van der Waals surface area contributed by atoms with Gasteiger partial charge < -0.3 is 5.11 Å². The highest BCUT2D eigenvalue weighted by Crippen LogP contribution is 2.28. The Hall–Kier alpha value is -1.97. The van der Waals surface area contributed by atoms with Crippen LogP contribution < -0.4 is 0 Å². The molecule has 0 aromatic heterocycles. The second-order valence-corrected chi connectivity index (χ2v) is 6.18. The molecular weight excluding hydrogens is 280 g/mol. The lowest BCUT2D eigenvalue weighted by atomic mass is 10.1. The summed E-state index contributed by atoms with van der Waals surface area (Å²) in [6, 6.07) is 16.7. The molecule has 0 aliphatic carbocycles. The van der Waals surface area contributed by atoms with E-state index in [-0.39, 0.29) is 0 Å². The van der Waals surface area contributed by atoms with E-state index in [9.17, 15) is 9.32 Å². The first-order valence-corrected chi connectivity index (χ1v) is 7.82. The molecule has 2 aromatic carbocycles. The third-order valence-corrected chi connectivity index (χ3v) is 4.60. The average Bonchev–Trinajstić information content (AvgIpc) is 2.53. The minimum atomic E-state index is -1.42. The van der Waals surface area contributed by atoms with Gasteiger partial charge in [0, 0.05) is 4.90 Å². The third-order valence-electron chi connectivity index (χ3n) is 3.12. The van der Waals surface area contributed by atoms with Gasteiger partial charge in [0.15, 0.2) is 0 Å². The maximum Gasteiger partial charge on any atom is 0.113 e. The van der Waals surface area contributed by atoms with E-state index in [0.717, 1.165) is 5.56 Å². The fraction of sp³-hybridized carbons (Fsp3) is 0.111. The molecule has 21 heavy (non-hydrogen) atoms. The maximum atomic E-state index is 12.7. The highest BCUT2D eigenvalue weighted by molar-refractivity contribution is 7.89. The second kappa shape index (κ2) is 7.16. The van der Waals surface area contributed by atoms with Crippen molar-refractivity contribution >= 4 is 10.8 Å². The van der Waals surface area contributed by atoms with Crippen molar-refractivity contribution in [1.29, 1.82) is 0 Å². The molecule has 0 heterocycles. The van der Waals surface area contributed by atoms with Crippen molar-refractivity contribution in [2.75, 3.05) is 0 Å². The van der Waals surface area contributed by atoms with Crippen molar-refractivity contribution in [2.45, 2.75) is 17.9 Å². The van der Waals surface area contributed by atoms with E-state index in [1.807, 2.05) is 61.5 Å². The Labute approximate surface area is 127 Å². The highest BCUT2D eigenvalue weighted by atomic mass is 32.2. The molecule has 2 aromatic rings. The van der Waals surface area contributed by atoms with Crippen LogP contribution in [-0.4, -0.2) is 9.32 Å². The SMILES string of the molecule is C=C/C=C(\[C@@H](O)c1ccccc1)[S@@](=O)c1ccc(C)cc1. The van der Waals surface area contributed by atoms with Gasteiger partial charge in [0.05, 0.1) is 15.7 Å². The molecule has 1 N–H and O–H groups in total. The number of aliphatic hydroxyl groups excluding tert-OH is 1. The van der Waals surface area contributed by atoms with E-state index in [4.69, 9.17) is 0 Å². The van der Waals surface area contributed by atoms with Crippen molar-refractivity contribution in [1.82, 2.24) is 0 Å². The van der Waals surface area contributed by atoms with E-state index in [2.05, 4.69) is 6.58 Å². The summed E-state index contributed by atoms with van der Waals surface area (Å²) in [7, 11) is -1.42. The molecule has 0 aliphatic heterocycles. The molecule has 2 atom stereocenters. The van der Waals surface area contributed by atoms with Crippen LogP contribution in [-0.2, 0) is 10.8 Å². The lowest BCUT2D eigenvalue weighted by Gasteiger charge is -2.15. The first-order chi connectivity index (χ1) is 10.1. The summed E-state index contributed by atoms with van der Waals surface area (Å²) in [6.07, 6.45) is 2.26. The van der Waals surface area contributed by atoms with Gasteiger partial charge in [-0.25, -0.2) is 4.21 Å². The van der Waals surface area contributed by atoms with Crippen LogP contribution in [0.5, 0.6) is 0 Å². The first-order valence-electron chi connectivity index (χ1n) is 6.67. The van der Waals surface area contributed by atoms with E-state index in [1.165, 1.54) is 0 Å². The number of allylic oxidation sites excluding steroid dienone is 2. The normalized spacial score (nSPS) is 14.5. The summed E-state index contributed by atoms with van der Waals surface area (Å²) in [5.41, 5.74) is 1.82. The van der Waals surface area contributed by atoms with Crippen LogP contribution >= 0.6 is 0 Å². The maximum absolute atomic E-state index is 12.7. The zero-order valence-electron chi connectivity index (χ0n) is 11.9. The molecule has 0 fully saturated rings. The minimum Gasteiger partial charge on any atom is -0.383 e. The zero-order valence-corrected chi connectivity index (χ0v) is 12.7. The molecule has 108 valence electrons. The van der Waals surface area contributed by atoms with E-state index in [0.29, 0.717) is 15.4 Å². The molecule has 0 bridgehead atoms. The Balaban J connectivity index is 2.35. The highest BCUT2D eigenvalue weighted by Gasteiger charge is 2.19. The predicted molar refractivity (Wildman–Crippen MR) is 87.3 cm³/mol. The molecule has 0 saturated carbocycles. The molecule has 0 amide bonds. The van der Waals surface area contributed by atoms with Crippen LogP contribution in [0.25, 0.3) is 0 Å². The van der Waals surface area contributed by atoms with E-state index in [1.54, 1.807) is 12.2 Å². The molecule has 2 rings (SSSR count). The summed E-state index contributed by atoms with van der Waals surface area (Å²) in [6.45, 7) is 5.62. The molecule has 0 unspecified atom stereocenters. The zero-order chi connectivity index (χ0) is 15.2. The number of benzene rings is 2. The van der Waals surface area contributed by atoms with Gasteiger partial charge in [0.2, 0.25) is 0 Å². The van der Waals surface area contributed by atoms with Crippen molar-refractivity contribution in [2.24, 2.45) is 0 Å². The lowest BCUT2D eigenvalue weighted by Crippen LogP contribution is -2.07. The Kier molecular flexibility index (Phi) is 5.26. The summed E-state index contributed by atoms with van der Waals surface area (Å²) >= 11 is 0. The Morgan fingerprint density at radius 3 is 2.33 bits per heavy atom. The second-order valence-electron chi connectivity index (χ2n) is 4.70. The van der Waals surface area contributed by atoms with Gasteiger partial charge in [-0.15, -0.1) is 0 Å². The van der Waals surface area contributed by atoms with E-state index < -0.39 is 16.9 Å². The van der Waals surface area contributed by atoms with Gasteiger partial charge in [0.1, 0.15) is 6.10 Å². The smallest absolute Gasteiger partial charge is 0.113 e. The van der Waals surface area contributed by atoms with Crippen molar-refractivity contribution in [3.63, 3.8) is 0 Å². The molecule has 0 radical (unpaired) electrons. The van der Waals surface area contributed by atoms with Gasteiger partial charge in [0.25, 0.3) is 0 Å². The molecular formula is C18H18O2S. The lowest BCUT2D eigenvalue weighted by molar-refractivity contribution is 0.224. The minimum absolute atomic E-state index is 0.431. The number of hydrogen-bond donors (Lipinski definition) is 1. The Bertz CT molecular complexity index is 657. The van der Waals surface area contributed by atoms with E-state index >= 15 is 0 Å². The van der Waals surface area contributed by atoms with Crippen LogP contribution in [0.15, 0.2) is 83.1 Å². The van der Waals surface area contributed by atoms with Gasteiger partial charge in [-0.05, 0) is 30.7 Å². The fourth-order valence-electron chi connectivity index (χ4n) is 1.97. The van der Waals surface area contributed by atoms with Crippen LogP contribution in [0, 0.1) is 6.92 Å². The molecule has 2 nitrogen and oxygen atoms in total. The van der Waals surface area contributed by atoms with Crippen LogP contribution in [0.1, 0.15) is 17.2 Å². The predicted octanol–water partition coefficient (Wildman–Crippen LogP) is 3.91. The fourth-order valence-corrected chi connectivity index (χ4v) is 3.18. The summed E-state index contributed by atoms with van der Waals surface area (Å²) in [5, 5.41) is 10.5. The van der Waals surface area contributed by atoms with Crippen molar-refractivity contribution in [3.05, 3.63) is 89.4 Å². The molecule has 0 spiro atoms. The average molecular weight is 298 g/mol. The molecule has 0 saturated heterocycles. The van der Waals surface area contributed by atoms with Crippen molar-refractivity contribution < 1.29 is 9.32 Å². The Morgan fingerprint density at radius 2 is 1.76 bits per heavy atom. The quantitative estimate of drug-likeness (QED) is 0.850. The molecule has 3 heteroatoms. The number of hydrogen-bond acceptors (Lipinski definition) is 2. The van der Waals surface area contributed by atoms with Crippen LogP contribution in [0.4, 0.5) is 0 Å². The standard InChI is InChI=1S/C18H18O2S/c1-3-7-17(18(19)15-8-5-4-6-9-15)21(20)16-12-10-14(2)11-13-16/h3-13,18-19H,1H2,2H3/b17-7+/t18-,21-/m0/s1. The topological polar surface area (TPSA) is 37.3 Å². The van der Waals surface area contributed by atoms with Crippen LogP contribution in [0.2, 0.25) is 0 Å². The first kappa shape index (κ1) is 15.4. The summed E-state index contributed by atoms with van der Waals surface area (Å²) < 4.78 is 12.7. The van der Waals surface area contributed by atoms with Gasteiger partial charge in [-0.2, -0.15) is 0 Å². The number of rotatable bonds is 5. The van der Waals surface area contributed by atoms with Gasteiger partial charge in [-0.1, -0.05) is 60.7 Å². The number of aryl methyl sites for hydroxylation is 1. The summed E-state index contributed by atoms with van der Waals surface area (Å²) in [5.74, 6) is 0. The third kappa shape index (κ3) is 3.78. The van der Waals surface area contributed by atoms with Crippen LogP contribution in [0.3, 0.4) is 0 Å². The van der Waals surface area contributed by atoms with Crippen molar-refractivity contribution in [3.8, 4) is 0 Å². The Morgan fingerprint density at radius 1 is 1.14 bits per heavy atom.